The van der Waals surface area contributed by atoms with Crippen LogP contribution in [0, 0.1) is 18.5 Å². The number of hydrogen-bond acceptors (Lipinski definition) is 9. The number of carbonyl (C=O) groups excluding carboxylic acids is 1. The smallest absolute Gasteiger partial charge is 0.338 e. The van der Waals surface area contributed by atoms with Crippen LogP contribution in [0.1, 0.15) is 40.8 Å². The van der Waals surface area contributed by atoms with Gasteiger partial charge in [-0.2, -0.15) is 5.26 Å². The van der Waals surface area contributed by atoms with E-state index in [1.165, 1.54) is 18.4 Å². The van der Waals surface area contributed by atoms with E-state index >= 15 is 0 Å². The summed E-state index contributed by atoms with van der Waals surface area (Å²) in [4.78, 5) is 33.8. The summed E-state index contributed by atoms with van der Waals surface area (Å²) in [7, 11) is 3.08. The van der Waals surface area contributed by atoms with Crippen LogP contribution in [0.25, 0.3) is 11.8 Å². The molecule has 0 amide bonds. The van der Waals surface area contributed by atoms with Crippen molar-refractivity contribution in [3.8, 4) is 23.3 Å². The highest BCUT2D eigenvalue weighted by Gasteiger charge is 2.35. The minimum absolute atomic E-state index is 0.143. The highest BCUT2D eigenvalue weighted by molar-refractivity contribution is 14.1. The van der Waals surface area contributed by atoms with E-state index in [2.05, 4.69) is 51.3 Å². The monoisotopic (exact) mass is 909 g/mol. The van der Waals surface area contributed by atoms with Crippen molar-refractivity contribution >= 4 is 74.3 Å². The Morgan fingerprint density at radius 3 is 2.42 bits per heavy atom. The lowest BCUT2D eigenvalue weighted by Crippen LogP contribution is -2.40. The molecule has 2 heterocycles. The zero-order valence-corrected chi connectivity index (χ0v) is 32.2. The normalized spacial score (nSPS) is 14.0. The zero-order chi connectivity index (χ0) is 35.4. The van der Waals surface area contributed by atoms with Gasteiger partial charge in [-0.1, -0.05) is 59.9 Å². The molecule has 0 unspecified atom stereocenters. The first-order chi connectivity index (χ1) is 24.3. The number of ether oxygens (including phenoxy) is 4. The molecule has 0 aliphatic carbocycles. The van der Waals surface area contributed by atoms with Gasteiger partial charge in [-0.05, 0) is 106 Å². The quantitative estimate of drug-likeness (QED) is 0.115. The van der Waals surface area contributed by atoms with Crippen LogP contribution in [0.4, 0.5) is 0 Å². The molecular formula is C38H29I2N3O6S. The third kappa shape index (κ3) is 7.21. The van der Waals surface area contributed by atoms with Gasteiger partial charge >= 0.3 is 5.97 Å². The van der Waals surface area contributed by atoms with Crippen molar-refractivity contribution < 1.29 is 23.7 Å². The van der Waals surface area contributed by atoms with Gasteiger partial charge in [-0.25, -0.2) is 9.79 Å². The van der Waals surface area contributed by atoms with Crippen molar-refractivity contribution in [3.05, 3.63) is 145 Å². The Hall–Kier alpha value is -4.46. The van der Waals surface area contributed by atoms with Crippen LogP contribution in [0.5, 0.6) is 17.2 Å². The maximum absolute atomic E-state index is 14.5. The van der Waals surface area contributed by atoms with Crippen molar-refractivity contribution in [1.29, 1.82) is 5.26 Å². The summed E-state index contributed by atoms with van der Waals surface area (Å²) in [6.07, 6.45) is 1.81. The van der Waals surface area contributed by atoms with Crippen molar-refractivity contribution in [2.45, 2.75) is 19.6 Å². The fourth-order valence-electron chi connectivity index (χ4n) is 5.59. The second-order valence-corrected chi connectivity index (χ2v) is 14.4. The van der Waals surface area contributed by atoms with Crippen LogP contribution < -0.4 is 29.1 Å². The lowest BCUT2D eigenvalue weighted by atomic mass is 9.93. The van der Waals surface area contributed by atoms with E-state index in [1.807, 2.05) is 66.7 Å². The van der Waals surface area contributed by atoms with E-state index in [0.717, 1.165) is 18.3 Å². The summed E-state index contributed by atoms with van der Waals surface area (Å²) in [6, 6.07) is 27.2. The number of nitriles is 1. The van der Waals surface area contributed by atoms with Crippen molar-refractivity contribution in [2.75, 3.05) is 20.8 Å². The molecule has 0 fully saturated rings. The number of carbonyl (C=O) groups is 1. The molecule has 0 spiro atoms. The van der Waals surface area contributed by atoms with Crippen LogP contribution in [-0.4, -0.2) is 31.4 Å². The number of fused-ring (bicyclic) bond motifs is 1. The van der Waals surface area contributed by atoms with Gasteiger partial charge in [0.05, 0.1) is 57.9 Å². The molecule has 0 saturated carbocycles. The van der Waals surface area contributed by atoms with Crippen LogP contribution in [0.15, 0.2) is 100 Å². The third-order valence-electron chi connectivity index (χ3n) is 7.89. The number of halogens is 2. The largest absolute Gasteiger partial charge is 0.493 e. The Kier molecular flexibility index (Phi) is 11.0. The predicted molar refractivity (Wildman–Crippen MR) is 208 cm³/mol. The molecule has 50 heavy (non-hydrogen) atoms. The number of nitrogens with zero attached hydrogens (tertiary/aromatic N) is 3. The maximum Gasteiger partial charge on any atom is 0.338 e. The second-order valence-electron chi connectivity index (χ2n) is 10.9. The molecular weight excluding hydrogens is 880 g/mol. The third-order valence-corrected chi connectivity index (χ3v) is 10.3. The number of hydrogen-bond donors (Lipinski definition) is 0. The summed E-state index contributed by atoms with van der Waals surface area (Å²) in [5, 5.41) is 9.17. The molecule has 1 atom stereocenters. The highest BCUT2D eigenvalue weighted by atomic mass is 127. The zero-order valence-electron chi connectivity index (χ0n) is 27.1. The summed E-state index contributed by atoms with van der Waals surface area (Å²) >= 11 is 5.71. The molecule has 1 aliphatic rings. The van der Waals surface area contributed by atoms with Crippen LogP contribution in [0.3, 0.4) is 0 Å². The Morgan fingerprint density at radius 2 is 1.74 bits per heavy atom. The van der Waals surface area contributed by atoms with Gasteiger partial charge in [0.15, 0.2) is 16.3 Å². The molecule has 0 N–H and O–H groups in total. The first kappa shape index (κ1) is 35.4. The fraction of sp³-hybridized carbons (Fsp3) is 0.158. The molecule has 1 aromatic heterocycles. The summed E-state index contributed by atoms with van der Waals surface area (Å²) < 4.78 is 26.9. The number of methoxy groups -OCH3 is 2. The summed E-state index contributed by atoms with van der Waals surface area (Å²) in [6.45, 7) is 2.15. The maximum atomic E-state index is 14.5. The SMILES string of the molecule is CCOC(=O)C1=C(c2ccccc2)N=c2s/c(=C\c3cc(I)cc(I)c3OCc3ccc(C#N)cc3)c(=O)n2[C@@H]1c1ccc(OC)c(OC)c1. The molecule has 4 aromatic carbocycles. The van der Waals surface area contributed by atoms with Gasteiger partial charge in [-0.3, -0.25) is 9.36 Å². The Morgan fingerprint density at radius 1 is 1.00 bits per heavy atom. The van der Waals surface area contributed by atoms with E-state index in [9.17, 15) is 9.59 Å². The highest BCUT2D eigenvalue weighted by Crippen LogP contribution is 2.38. The number of aromatic nitrogens is 1. The first-order valence-corrected chi connectivity index (χ1v) is 18.3. The first-order valence-electron chi connectivity index (χ1n) is 15.4. The number of esters is 1. The Labute approximate surface area is 319 Å². The molecule has 5 aromatic rings. The molecule has 0 bridgehead atoms. The van der Waals surface area contributed by atoms with Crippen LogP contribution >= 0.6 is 56.5 Å². The van der Waals surface area contributed by atoms with Gasteiger partial charge in [0.1, 0.15) is 12.4 Å². The number of rotatable bonds is 10. The van der Waals surface area contributed by atoms with Crippen molar-refractivity contribution in [3.63, 3.8) is 0 Å². The van der Waals surface area contributed by atoms with E-state index in [1.54, 1.807) is 42.9 Å². The second kappa shape index (κ2) is 15.6. The molecule has 1 aliphatic heterocycles. The number of benzene rings is 4. The van der Waals surface area contributed by atoms with E-state index in [0.29, 0.717) is 49.0 Å². The van der Waals surface area contributed by atoms with Crippen molar-refractivity contribution in [1.82, 2.24) is 4.57 Å². The standard InChI is InChI=1S/C38H29I2N3O6S/c1-4-48-37(45)32-33(24-8-6-5-7-9-24)42-38-43(34(32)25-14-15-29(46-2)30(17-25)47-3)36(44)31(50-38)18-26-16-27(39)19-28(40)35(26)49-21-23-12-10-22(20-41)11-13-23/h5-19,34H,4,21H2,1-3H3/b31-18-/t34-/m1/s1. The minimum atomic E-state index is -0.884. The van der Waals surface area contributed by atoms with Gasteiger partial charge in [-0.15, -0.1) is 0 Å². The van der Waals surface area contributed by atoms with Crippen LogP contribution in [-0.2, 0) is 16.1 Å². The molecule has 9 nitrogen and oxygen atoms in total. The average Bonchev–Trinajstić information content (AvgIpc) is 3.44. The molecule has 0 saturated heterocycles. The molecule has 6 rings (SSSR count). The average molecular weight is 910 g/mol. The minimum Gasteiger partial charge on any atom is -0.493 e. The van der Waals surface area contributed by atoms with E-state index in [-0.39, 0.29) is 24.3 Å². The van der Waals surface area contributed by atoms with Gasteiger partial charge < -0.3 is 18.9 Å². The van der Waals surface area contributed by atoms with Crippen molar-refractivity contribution in [2.24, 2.45) is 4.99 Å². The van der Waals surface area contributed by atoms with Gasteiger partial charge in [0.2, 0.25) is 0 Å². The fourth-order valence-corrected chi connectivity index (χ4v) is 8.63. The molecule has 252 valence electrons. The Bertz CT molecular complexity index is 2350. The Balaban J connectivity index is 1.56. The predicted octanol–water partition coefficient (Wildman–Crippen LogP) is 6.61. The number of thiazole rings is 1. The lowest BCUT2D eigenvalue weighted by molar-refractivity contribution is -0.138. The molecule has 12 heteroatoms. The summed E-state index contributed by atoms with van der Waals surface area (Å²) in [5.41, 5.74) is 3.86. The van der Waals surface area contributed by atoms with Gasteiger partial charge in [0.25, 0.3) is 5.56 Å². The van der Waals surface area contributed by atoms with Gasteiger partial charge in [0, 0.05) is 14.7 Å². The topological polar surface area (TPSA) is 112 Å². The summed E-state index contributed by atoms with van der Waals surface area (Å²) in [5.74, 6) is 1.01. The van der Waals surface area contributed by atoms with E-state index < -0.39 is 12.0 Å². The molecule has 0 radical (unpaired) electrons. The van der Waals surface area contributed by atoms with Crippen LogP contribution in [0.2, 0.25) is 0 Å². The lowest BCUT2D eigenvalue weighted by Gasteiger charge is -2.26. The van der Waals surface area contributed by atoms with E-state index in [4.69, 9.17) is 29.2 Å².